The summed E-state index contributed by atoms with van der Waals surface area (Å²) in [5, 5.41) is 13.5. The van der Waals surface area contributed by atoms with Crippen LogP contribution in [0.25, 0.3) is 0 Å². The van der Waals surface area contributed by atoms with Crippen molar-refractivity contribution in [1.82, 2.24) is 20.1 Å². The number of benzene rings is 1. The van der Waals surface area contributed by atoms with Crippen molar-refractivity contribution < 1.29 is 14.3 Å². The van der Waals surface area contributed by atoms with Crippen LogP contribution in [0.5, 0.6) is 0 Å². The van der Waals surface area contributed by atoms with E-state index in [4.69, 9.17) is 4.98 Å². The van der Waals surface area contributed by atoms with Gasteiger partial charge in [-0.3, -0.25) is 14.7 Å². The number of piperazine rings is 1. The van der Waals surface area contributed by atoms with Gasteiger partial charge in [0.05, 0.1) is 30.1 Å². The molecule has 3 heterocycles. The molecule has 0 saturated carbocycles. The van der Waals surface area contributed by atoms with Crippen LogP contribution in [0.3, 0.4) is 0 Å². The highest BCUT2D eigenvalue weighted by atomic mass is 127. The van der Waals surface area contributed by atoms with Crippen molar-refractivity contribution in [2.24, 2.45) is 0 Å². The highest BCUT2D eigenvalue weighted by Gasteiger charge is 2.43. The van der Waals surface area contributed by atoms with Gasteiger partial charge in [-0.15, -0.1) is 0 Å². The zero-order valence-corrected chi connectivity index (χ0v) is 21.6. The molecule has 0 bridgehead atoms. The van der Waals surface area contributed by atoms with E-state index in [9.17, 15) is 14.3 Å². The summed E-state index contributed by atoms with van der Waals surface area (Å²) < 4.78 is 14.3. The lowest BCUT2D eigenvalue weighted by Crippen LogP contribution is -2.58. The van der Waals surface area contributed by atoms with Crippen LogP contribution >= 0.6 is 22.6 Å². The monoisotopic (exact) mass is 566 g/mol. The number of carbonyl (C=O) groups is 1. The van der Waals surface area contributed by atoms with E-state index in [-0.39, 0.29) is 18.3 Å². The standard InChI is InChI=1S/C25H32FIN4O2/c1-16-12-30(21(10-27)11-28-16)14-23(33)31-13-19-9-18(8-17-4-6-20(26)7-5-17)22(15-32)29-24(19)25(31,2)3/h4-7,9,16,21,28,32H,8,10-15H2,1-3H3/t16-,21+/m1/s1. The molecule has 2 aliphatic heterocycles. The molecule has 2 N–H and O–H groups in total. The van der Waals surface area contributed by atoms with E-state index >= 15 is 0 Å². The maximum absolute atomic E-state index is 13.5. The largest absolute Gasteiger partial charge is 0.390 e. The number of aromatic nitrogens is 1. The molecule has 1 aromatic heterocycles. The van der Waals surface area contributed by atoms with Crippen LogP contribution in [-0.4, -0.2) is 61.9 Å². The minimum Gasteiger partial charge on any atom is -0.390 e. The van der Waals surface area contributed by atoms with Crippen LogP contribution in [0.1, 0.15) is 48.8 Å². The van der Waals surface area contributed by atoms with E-state index in [1.807, 2.05) is 18.7 Å². The third kappa shape index (κ3) is 5.08. The Bertz CT molecular complexity index is 1010. The fourth-order valence-corrected chi connectivity index (χ4v) is 5.80. The van der Waals surface area contributed by atoms with Crippen molar-refractivity contribution >= 4 is 28.5 Å². The highest BCUT2D eigenvalue weighted by molar-refractivity contribution is 14.1. The minimum atomic E-state index is -0.551. The van der Waals surface area contributed by atoms with Crippen molar-refractivity contribution in [3.8, 4) is 0 Å². The van der Waals surface area contributed by atoms with Crippen LogP contribution in [-0.2, 0) is 29.9 Å². The Kier molecular flexibility index (Phi) is 7.38. The zero-order chi connectivity index (χ0) is 23.8. The van der Waals surface area contributed by atoms with E-state index < -0.39 is 5.54 Å². The first-order valence-corrected chi connectivity index (χ1v) is 13.0. The van der Waals surface area contributed by atoms with Gasteiger partial charge in [-0.25, -0.2) is 4.39 Å². The number of carbonyl (C=O) groups excluding carboxylic acids is 1. The van der Waals surface area contributed by atoms with Gasteiger partial charge in [0.25, 0.3) is 0 Å². The van der Waals surface area contributed by atoms with Crippen LogP contribution in [0.4, 0.5) is 4.39 Å². The molecule has 2 atom stereocenters. The number of aliphatic hydroxyl groups excluding tert-OH is 1. The number of rotatable bonds is 6. The van der Waals surface area contributed by atoms with E-state index in [0.717, 1.165) is 39.9 Å². The zero-order valence-electron chi connectivity index (χ0n) is 19.4. The average molecular weight is 566 g/mol. The van der Waals surface area contributed by atoms with Crippen molar-refractivity contribution in [2.45, 2.75) is 58.0 Å². The van der Waals surface area contributed by atoms with Crippen LogP contribution in [0.2, 0.25) is 0 Å². The van der Waals surface area contributed by atoms with Crippen molar-refractivity contribution in [2.75, 3.05) is 24.1 Å². The maximum atomic E-state index is 13.5. The average Bonchev–Trinajstić information content (AvgIpc) is 3.04. The van der Waals surface area contributed by atoms with E-state index in [1.165, 1.54) is 12.1 Å². The van der Waals surface area contributed by atoms with Crippen LogP contribution in [0, 0.1) is 5.82 Å². The normalized spacial score (nSPS) is 22.4. The smallest absolute Gasteiger partial charge is 0.237 e. The first kappa shape index (κ1) is 24.5. The van der Waals surface area contributed by atoms with Gasteiger partial charge in [0.2, 0.25) is 5.91 Å². The predicted molar refractivity (Wildman–Crippen MR) is 135 cm³/mol. The van der Waals surface area contributed by atoms with Crippen molar-refractivity contribution in [3.63, 3.8) is 0 Å². The summed E-state index contributed by atoms with van der Waals surface area (Å²) in [7, 11) is 0. The molecule has 1 aromatic carbocycles. The number of hydrogen-bond donors (Lipinski definition) is 2. The summed E-state index contributed by atoms with van der Waals surface area (Å²) in [6.07, 6.45) is 0.556. The van der Waals surface area contributed by atoms with Crippen LogP contribution in [0.15, 0.2) is 30.3 Å². The molecule has 1 saturated heterocycles. The summed E-state index contributed by atoms with van der Waals surface area (Å²) in [5.41, 5.74) is 3.79. The number of nitrogens with one attached hydrogen (secondary N) is 1. The van der Waals surface area contributed by atoms with Gasteiger partial charge in [-0.2, -0.15) is 0 Å². The Labute approximate surface area is 208 Å². The minimum absolute atomic E-state index is 0.104. The number of nitrogens with zero attached hydrogens (tertiary/aromatic N) is 3. The topological polar surface area (TPSA) is 68.7 Å². The number of amides is 1. The Morgan fingerprint density at radius 1 is 1.33 bits per heavy atom. The SMILES string of the molecule is C[C@@H]1CN(CC(=O)N2Cc3cc(Cc4ccc(F)cc4)c(CO)nc3C2(C)C)[C@@H](CI)CN1. The van der Waals surface area contributed by atoms with Gasteiger partial charge in [0, 0.05) is 36.1 Å². The first-order chi connectivity index (χ1) is 15.7. The Hall–Kier alpha value is -1.62. The molecule has 0 unspecified atom stereocenters. The van der Waals surface area contributed by atoms with E-state index in [0.29, 0.717) is 37.3 Å². The number of fused-ring (bicyclic) bond motifs is 1. The van der Waals surface area contributed by atoms with Gasteiger partial charge in [0.1, 0.15) is 5.82 Å². The predicted octanol–water partition coefficient (Wildman–Crippen LogP) is 2.98. The Balaban J connectivity index is 1.56. The molecule has 0 spiro atoms. The molecule has 0 aliphatic carbocycles. The van der Waals surface area contributed by atoms with Crippen molar-refractivity contribution in [3.05, 3.63) is 64.2 Å². The molecule has 4 rings (SSSR count). The summed E-state index contributed by atoms with van der Waals surface area (Å²) in [4.78, 5) is 22.5. The quantitative estimate of drug-likeness (QED) is 0.416. The van der Waals surface area contributed by atoms with Gasteiger partial charge < -0.3 is 15.3 Å². The van der Waals surface area contributed by atoms with Crippen molar-refractivity contribution in [1.29, 1.82) is 0 Å². The van der Waals surface area contributed by atoms with E-state index in [1.54, 1.807) is 12.1 Å². The molecule has 6 nitrogen and oxygen atoms in total. The molecular weight excluding hydrogens is 534 g/mol. The van der Waals surface area contributed by atoms with Gasteiger partial charge in [-0.05, 0) is 62.1 Å². The fourth-order valence-electron chi connectivity index (χ4n) is 4.94. The van der Waals surface area contributed by atoms with Crippen LogP contribution < -0.4 is 5.32 Å². The number of halogens is 2. The molecule has 2 aromatic rings. The van der Waals surface area contributed by atoms with Gasteiger partial charge in [-0.1, -0.05) is 34.7 Å². The molecule has 0 radical (unpaired) electrons. The fraction of sp³-hybridized carbons (Fsp3) is 0.520. The van der Waals surface area contributed by atoms with Gasteiger partial charge in [0.15, 0.2) is 0 Å². The Morgan fingerprint density at radius 2 is 2.06 bits per heavy atom. The highest BCUT2D eigenvalue weighted by Crippen LogP contribution is 2.39. The number of pyridine rings is 1. The second kappa shape index (κ2) is 9.93. The van der Waals surface area contributed by atoms with E-state index in [2.05, 4.69) is 45.8 Å². The van der Waals surface area contributed by atoms with Gasteiger partial charge >= 0.3 is 0 Å². The summed E-state index contributed by atoms with van der Waals surface area (Å²) in [6.45, 7) is 8.69. The lowest BCUT2D eigenvalue weighted by Gasteiger charge is -2.40. The molecule has 1 fully saturated rings. The molecule has 1 amide bonds. The molecule has 8 heteroatoms. The third-order valence-electron chi connectivity index (χ3n) is 6.85. The molecular formula is C25H32FIN4O2. The second-order valence-electron chi connectivity index (χ2n) is 9.65. The maximum Gasteiger partial charge on any atom is 0.237 e. The summed E-state index contributed by atoms with van der Waals surface area (Å²) in [5.74, 6) is -0.166. The molecule has 2 aliphatic rings. The summed E-state index contributed by atoms with van der Waals surface area (Å²) >= 11 is 2.39. The Morgan fingerprint density at radius 3 is 2.73 bits per heavy atom. The molecule has 178 valence electrons. The number of hydrogen-bond acceptors (Lipinski definition) is 5. The first-order valence-electron chi connectivity index (χ1n) is 11.4. The second-order valence-corrected chi connectivity index (χ2v) is 10.5. The number of aliphatic hydroxyl groups is 1. The number of alkyl halides is 1. The lowest BCUT2D eigenvalue weighted by atomic mass is 9.95. The third-order valence-corrected chi connectivity index (χ3v) is 7.87. The summed E-state index contributed by atoms with van der Waals surface area (Å²) in [6, 6.07) is 9.16. The lowest BCUT2D eigenvalue weighted by molar-refractivity contribution is -0.138. The molecule has 33 heavy (non-hydrogen) atoms.